The van der Waals surface area contributed by atoms with Crippen molar-refractivity contribution in [3.63, 3.8) is 0 Å². The number of nitrogens with two attached hydrogens (primary N) is 1. The summed E-state index contributed by atoms with van der Waals surface area (Å²) in [6.45, 7) is 2.12. The van der Waals surface area contributed by atoms with Gasteiger partial charge in [0.1, 0.15) is 0 Å². The normalized spacial score (nSPS) is 11.0. The van der Waals surface area contributed by atoms with Gasteiger partial charge in [0, 0.05) is 0 Å². The highest BCUT2D eigenvalue weighted by molar-refractivity contribution is 7.89. The van der Waals surface area contributed by atoms with Gasteiger partial charge in [-0.05, 0) is 42.7 Å². The number of hydrogen-bond acceptors (Lipinski definition) is 4. The van der Waals surface area contributed by atoms with Crippen LogP contribution in [0.2, 0.25) is 0 Å². The summed E-state index contributed by atoms with van der Waals surface area (Å²) in [5.41, 5.74) is 1.80. The molecular weight excluding hydrogens is 338 g/mol. The molecule has 0 aliphatic carbocycles. The van der Waals surface area contributed by atoms with Crippen molar-refractivity contribution >= 4 is 20.9 Å². The summed E-state index contributed by atoms with van der Waals surface area (Å²) >= 11 is 0. The largest absolute Gasteiger partial charge is 0.313 e. The summed E-state index contributed by atoms with van der Waals surface area (Å²) in [4.78, 5) is 17.8. The number of fused-ring (bicyclic) bond motifs is 1. The number of hydrogen-bond donors (Lipinski definition) is 2. The number of aryl methyl sites for hydroxylation is 1. The average Bonchev–Trinajstić information content (AvgIpc) is 2.61. The Hall–Kier alpha value is -2.51. The number of rotatable bonds is 4. The van der Waals surface area contributed by atoms with Crippen molar-refractivity contribution in [3.8, 4) is 0 Å². The number of primary sulfonamides is 1. The van der Waals surface area contributed by atoms with Gasteiger partial charge in [-0.3, -0.25) is 4.79 Å². The number of sulfonamides is 1. The first-order chi connectivity index (χ1) is 11.9. The van der Waals surface area contributed by atoms with Crippen LogP contribution in [0.3, 0.4) is 0 Å². The molecule has 0 saturated heterocycles. The van der Waals surface area contributed by atoms with Crippen LogP contribution in [-0.2, 0) is 16.4 Å². The van der Waals surface area contributed by atoms with E-state index in [9.17, 15) is 13.2 Å². The summed E-state index contributed by atoms with van der Waals surface area (Å²) in [5.74, 6) is 0. The van der Waals surface area contributed by atoms with Crippen molar-refractivity contribution in [1.82, 2.24) is 9.97 Å². The van der Waals surface area contributed by atoms with E-state index >= 15 is 0 Å². The number of unbranched alkanes of at least 4 members (excludes halogenated alkanes) is 1. The standard InChI is InChI=1S/C10H15NO2S.C8H6N2O/c1-2-3-4-9-5-7-10(8-6-9)14(11,12)13;11-8-6-3-1-2-4-7(6)9-5-10-8/h5-8H,2-4H2,1H3,(H2,11,12,13);1-5H,(H,9,10,11). The molecule has 3 N–H and O–H groups in total. The van der Waals surface area contributed by atoms with Crippen LogP contribution in [-0.4, -0.2) is 18.4 Å². The molecule has 3 rings (SSSR count). The molecule has 0 spiro atoms. The number of benzene rings is 2. The predicted molar refractivity (Wildman–Crippen MR) is 98.8 cm³/mol. The minimum atomic E-state index is -3.54. The van der Waals surface area contributed by atoms with E-state index in [0.29, 0.717) is 5.39 Å². The molecule has 25 heavy (non-hydrogen) atoms. The van der Waals surface area contributed by atoms with Gasteiger partial charge in [-0.25, -0.2) is 18.5 Å². The quantitative estimate of drug-likeness (QED) is 0.747. The van der Waals surface area contributed by atoms with Crippen molar-refractivity contribution in [2.45, 2.75) is 31.1 Å². The second kappa shape index (κ2) is 8.55. The number of nitrogens with zero attached hydrogens (tertiary/aromatic N) is 1. The van der Waals surface area contributed by atoms with Gasteiger partial charge in [0.25, 0.3) is 5.56 Å². The molecule has 3 aromatic rings. The lowest BCUT2D eigenvalue weighted by Crippen LogP contribution is -2.11. The van der Waals surface area contributed by atoms with E-state index in [4.69, 9.17) is 5.14 Å². The van der Waals surface area contributed by atoms with Crippen LogP contribution >= 0.6 is 0 Å². The van der Waals surface area contributed by atoms with E-state index in [0.717, 1.165) is 30.3 Å². The lowest BCUT2D eigenvalue weighted by atomic mass is 10.1. The first-order valence-corrected chi connectivity index (χ1v) is 9.50. The maximum atomic E-state index is 11.1. The molecule has 7 heteroatoms. The van der Waals surface area contributed by atoms with Crippen molar-refractivity contribution in [1.29, 1.82) is 0 Å². The third-order valence-electron chi connectivity index (χ3n) is 3.62. The van der Waals surface area contributed by atoms with E-state index in [1.54, 1.807) is 18.2 Å². The maximum Gasteiger partial charge on any atom is 0.258 e. The van der Waals surface area contributed by atoms with Crippen LogP contribution in [0, 0.1) is 0 Å². The Morgan fingerprint density at radius 3 is 2.36 bits per heavy atom. The summed E-state index contributed by atoms with van der Waals surface area (Å²) in [6.07, 6.45) is 4.65. The molecule has 2 aromatic carbocycles. The number of para-hydroxylation sites is 1. The molecule has 0 aliphatic rings. The molecule has 6 nitrogen and oxygen atoms in total. The molecule has 1 heterocycles. The summed E-state index contributed by atoms with van der Waals surface area (Å²) < 4.78 is 21.9. The highest BCUT2D eigenvalue weighted by Gasteiger charge is 2.06. The number of nitrogens with one attached hydrogen (secondary N) is 1. The third kappa shape index (κ3) is 5.51. The molecule has 0 atom stereocenters. The monoisotopic (exact) mass is 359 g/mol. The molecule has 0 bridgehead atoms. The van der Waals surface area contributed by atoms with Gasteiger partial charge in [0.15, 0.2) is 0 Å². The second-order valence-corrected chi connectivity index (χ2v) is 7.10. The zero-order valence-corrected chi connectivity index (χ0v) is 14.8. The Bertz CT molecular complexity index is 975. The molecule has 0 aliphatic heterocycles. The van der Waals surface area contributed by atoms with Gasteiger partial charge in [0.2, 0.25) is 10.0 Å². The van der Waals surface area contributed by atoms with Crippen LogP contribution in [0.1, 0.15) is 25.3 Å². The van der Waals surface area contributed by atoms with E-state index in [1.165, 1.54) is 6.33 Å². The number of H-pyrrole nitrogens is 1. The van der Waals surface area contributed by atoms with Crippen LogP contribution in [0.4, 0.5) is 0 Å². The Kier molecular flexibility index (Phi) is 6.44. The Labute approximate surface area is 146 Å². The van der Waals surface area contributed by atoms with Gasteiger partial charge in [-0.1, -0.05) is 37.6 Å². The molecule has 0 amide bonds. The predicted octanol–water partition coefficient (Wildman–Crippen LogP) is 2.60. The minimum absolute atomic E-state index is 0.0874. The molecule has 1 aromatic heterocycles. The summed E-state index contributed by atoms with van der Waals surface area (Å²) in [7, 11) is -3.54. The molecule has 132 valence electrons. The van der Waals surface area contributed by atoms with E-state index in [2.05, 4.69) is 16.9 Å². The Morgan fingerprint density at radius 1 is 1.08 bits per heavy atom. The van der Waals surface area contributed by atoms with Gasteiger partial charge in [-0.2, -0.15) is 0 Å². The third-order valence-corrected chi connectivity index (χ3v) is 4.55. The van der Waals surface area contributed by atoms with Gasteiger partial charge < -0.3 is 4.98 Å². The topological polar surface area (TPSA) is 106 Å². The molecule has 0 radical (unpaired) electrons. The van der Waals surface area contributed by atoms with Crippen LogP contribution in [0.5, 0.6) is 0 Å². The summed E-state index contributed by atoms with van der Waals surface area (Å²) in [6, 6.07) is 14.0. The fourth-order valence-corrected chi connectivity index (χ4v) is 2.76. The van der Waals surface area contributed by atoms with Crippen molar-refractivity contribution < 1.29 is 8.42 Å². The zero-order valence-electron chi connectivity index (χ0n) is 14.0. The first kappa shape index (κ1) is 18.8. The number of aromatic nitrogens is 2. The van der Waals surface area contributed by atoms with Crippen LogP contribution < -0.4 is 10.7 Å². The molecule has 0 saturated carbocycles. The van der Waals surface area contributed by atoms with E-state index in [1.807, 2.05) is 30.3 Å². The van der Waals surface area contributed by atoms with Crippen molar-refractivity contribution in [2.75, 3.05) is 0 Å². The highest BCUT2D eigenvalue weighted by Crippen LogP contribution is 2.10. The summed E-state index contributed by atoms with van der Waals surface area (Å²) in [5, 5.41) is 5.61. The van der Waals surface area contributed by atoms with Crippen LogP contribution in [0.25, 0.3) is 10.9 Å². The minimum Gasteiger partial charge on any atom is -0.313 e. The fraction of sp³-hybridized carbons (Fsp3) is 0.222. The molecule has 0 unspecified atom stereocenters. The lowest BCUT2D eigenvalue weighted by molar-refractivity contribution is 0.597. The van der Waals surface area contributed by atoms with Gasteiger partial charge >= 0.3 is 0 Å². The van der Waals surface area contributed by atoms with Crippen LogP contribution in [0.15, 0.2) is 64.5 Å². The second-order valence-electron chi connectivity index (χ2n) is 5.54. The Balaban J connectivity index is 0.000000185. The van der Waals surface area contributed by atoms with Gasteiger partial charge in [-0.15, -0.1) is 0 Å². The van der Waals surface area contributed by atoms with Crippen molar-refractivity contribution in [2.24, 2.45) is 5.14 Å². The average molecular weight is 359 g/mol. The SMILES string of the molecule is CCCCc1ccc(S(N)(=O)=O)cc1.O=c1[nH]cnc2ccccc12. The smallest absolute Gasteiger partial charge is 0.258 e. The lowest BCUT2D eigenvalue weighted by Gasteiger charge is -2.01. The molecular formula is C18H21N3O3S. The maximum absolute atomic E-state index is 11.1. The van der Waals surface area contributed by atoms with Crippen molar-refractivity contribution in [3.05, 3.63) is 70.8 Å². The fourth-order valence-electron chi connectivity index (χ4n) is 2.24. The number of aromatic amines is 1. The Morgan fingerprint density at radius 2 is 1.76 bits per heavy atom. The van der Waals surface area contributed by atoms with Gasteiger partial charge in [0.05, 0.1) is 22.1 Å². The molecule has 0 fully saturated rings. The van der Waals surface area contributed by atoms with E-state index in [-0.39, 0.29) is 10.5 Å². The highest BCUT2D eigenvalue weighted by atomic mass is 32.2. The first-order valence-electron chi connectivity index (χ1n) is 7.96. The van der Waals surface area contributed by atoms with E-state index < -0.39 is 10.0 Å². The zero-order chi connectivity index (χ0) is 18.3.